The Kier molecular flexibility index (Phi) is 4.13. The Labute approximate surface area is 140 Å². The van der Waals surface area contributed by atoms with Gasteiger partial charge >= 0.3 is 0 Å². The van der Waals surface area contributed by atoms with Crippen LogP contribution in [0.2, 0.25) is 13.7 Å². The number of aromatic nitrogens is 2. The van der Waals surface area contributed by atoms with Crippen LogP contribution in [0.1, 0.15) is 5.56 Å². The van der Waals surface area contributed by atoms with Crippen molar-refractivity contribution in [3.8, 4) is 11.3 Å². The Morgan fingerprint density at radius 1 is 1.19 bits per heavy atom. The van der Waals surface area contributed by atoms with Gasteiger partial charge in [0.1, 0.15) is 10.0 Å². The maximum atomic E-state index is 6.15. The molecule has 0 fully saturated rings. The zero-order valence-electron chi connectivity index (χ0n) is 10.7. The number of hydrogen-bond donors (Lipinski definition) is 1. The van der Waals surface area contributed by atoms with Crippen molar-refractivity contribution in [3.05, 3.63) is 55.8 Å². The van der Waals surface area contributed by atoms with Crippen molar-refractivity contribution in [2.75, 3.05) is 5.73 Å². The predicted molar refractivity (Wildman–Crippen MR) is 90.5 cm³/mol. The molecule has 2 N–H and O–H groups in total. The van der Waals surface area contributed by atoms with Crippen molar-refractivity contribution in [3.63, 3.8) is 0 Å². The Balaban J connectivity index is 1.93. The van der Waals surface area contributed by atoms with Crippen molar-refractivity contribution in [1.82, 2.24) is 9.78 Å². The lowest BCUT2D eigenvalue weighted by atomic mass is 10.2. The molecule has 0 saturated carbocycles. The number of nitrogens with zero attached hydrogens (tertiary/aromatic N) is 2. The van der Waals surface area contributed by atoms with Crippen molar-refractivity contribution >= 4 is 51.8 Å². The molecule has 1 aromatic carbocycles. The highest BCUT2D eigenvalue weighted by atomic mass is 35.5. The molecule has 2 aromatic heterocycles. The highest BCUT2D eigenvalue weighted by Gasteiger charge is 2.15. The smallest absolute Gasteiger partial charge is 0.118 e. The zero-order valence-corrected chi connectivity index (χ0v) is 13.8. The van der Waals surface area contributed by atoms with Crippen LogP contribution in [0.4, 0.5) is 5.69 Å². The molecule has 0 aliphatic carbocycles. The Bertz CT molecular complexity index is 795. The minimum atomic E-state index is 0.563. The number of benzene rings is 1. The van der Waals surface area contributed by atoms with Gasteiger partial charge in [-0.1, -0.05) is 46.9 Å². The fourth-order valence-corrected chi connectivity index (χ4v) is 3.73. The van der Waals surface area contributed by atoms with Crippen LogP contribution < -0.4 is 5.73 Å². The number of nitrogens with two attached hydrogens (primary N) is 1. The quantitative estimate of drug-likeness (QED) is 0.699. The largest absolute Gasteiger partial charge is 0.396 e. The number of thiophene rings is 1. The molecule has 0 bridgehead atoms. The first kappa shape index (κ1) is 14.7. The summed E-state index contributed by atoms with van der Waals surface area (Å²) in [5.74, 6) is 0. The summed E-state index contributed by atoms with van der Waals surface area (Å²) in [6.45, 7) is 0.584. The van der Waals surface area contributed by atoms with E-state index in [0.717, 1.165) is 11.1 Å². The third-order valence-electron chi connectivity index (χ3n) is 2.94. The minimum absolute atomic E-state index is 0.563. The SMILES string of the molecule is Nc1cn(Cc2cccc(Cl)c2)nc1-c1cc(Cl)sc1Cl. The third-order valence-corrected chi connectivity index (χ3v) is 4.66. The van der Waals surface area contributed by atoms with Gasteiger partial charge in [0, 0.05) is 16.8 Å². The summed E-state index contributed by atoms with van der Waals surface area (Å²) in [5.41, 5.74) is 9.04. The topological polar surface area (TPSA) is 43.8 Å². The van der Waals surface area contributed by atoms with Crippen molar-refractivity contribution in [2.24, 2.45) is 0 Å². The number of rotatable bonds is 3. The van der Waals surface area contributed by atoms with E-state index in [0.29, 0.717) is 31.6 Å². The average molecular weight is 359 g/mol. The van der Waals surface area contributed by atoms with Crippen LogP contribution in [-0.4, -0.2) is 9.78 Å². The molecule has 0 aliphatic rings. The third kappa shape index (κ3) is 3.19. The van der Waals surface area contributed by atoms with Gasteiger partial charge in [-0.2, -0.15) is 5.10 Å². The predicted octanol–water partition coefficient (Wildman–Crippen LogP) is 5.20. The Morgan fingerprint density at radius 3 is 2.67 bits per heavy atom. The van der Waals surface area contributed by atoms with Crippen molar-refractivity contribution in [1.29, 1.82) is 0 Å². The van der Waals surface area contributed by atoms with Crippen LogP contribution >= 0.6 is 46.1 Å². The molecule has 7 heteroatoms. The summed E-state index contributed by atoms with van der Waals surface area (Å²) in [6, 6.07) is 9.39. The molecule has 0 atom stereocenters. The lowest BCUT2D eigenvalue weighted by Crippen LogP contribution is -2.00. The van der Waals surface area contributed by atoms with Crippen LogP contribution in [0.15, 0.2) is 36.5 Å². The first-order valence-corrected chi connectivity index (χ1v) is 8.00. The van der Waals surface area contributed by atoms with E-state index >= 15 is 0 Å². The molecule has 0 radical (unpaired) electrons. The second-order valence-corrected chi connectivity index (χ2v) is 7.22. The number of halogens is 3. The molecule has 2 heterocycles. The van der Waals surface area contributed by atoms with Crippen molar-refractivity contribution in [2.45, 2.75) is 6.54 Å². The van der Waals surface area contributed by atoms with Gasteiger partial charge in [-0.3, -0.25) is 4.68 Å². The van der Waals surface area contributed by atoms with E-state index < -0.39 is 0 Å². The molecular weight excluding hydrogens is 349 g/mol. The number of anilines is 1. The molecule has 3 aromatic rings. The molecule has 3 nitrogen and oxygen atoms in total. The van der Waals surface area contributed by atoms with Crippen LogP contribution in [0.3, 0.4) is 0 Å². The maximum Gasteiger partial charge on any atom is 0.118 e. The molecule has 3 rings (SSSR count). The summed E-state index contributed by atoms with van der Waals surface area (Å²) < 4.78 is 2.96. The van der Waals surface area contributed by atoms with E-state index in [9.17, 15) is 0 Å². The van der Waals surface area contributed by atoms with Gasteiger partial charge in [-0.25, -0.2) is 0 Å². The number of nitrogen functional groups attached to an aromatic ring is 1. The first-order valence-electron chi connectivity index (χ1n) is 6.05. The Hall–Kier alpha value is -1.20. The molecular formula is C14H10Cl3N3S. The van der Waals surface area contributed by atoms with E-state index in [2.05, 4.69) is 5.10 Å². The lowest BCUT2D eigenvalue weighted by Gasteiger charge is -2.02. The van der Waals surface area contributed by atoms with Gasteiger partial charge in [0.05, 0.1) is 16.6 Å². The second-order valence-electron chi connectivity index (χ2n) is 4.50. The minimum Gasteiger partial charge on any atom is -0.396 e. The summed E-state index contributed by atoms with van der Waals surface area (Å²) >= 11 is 19.4. The fourth-order valence-electron chi connectivity index (χ4n) is 2.05. The highest BCUT2D eigenvalue weighted by molar-refractivity contribution is 7.20. The first-order chi connectivity index (χ1) is 10.0. The van der Waals surface area contributed by atoms with Crippen LogP contribution in [-0.2, 0) is 6.54 Å². The van der Waals surface area contributed by atoms with Crippen LogP contribution in [0, 0.1) is 0 Å². The van der Waals surface area contributed by atoms with E-state index in [4.69, 9.17) is 40.5 Å². The molecule has 0 saturated heterocycles. The van der Waals surface area contributed by atoms with E-state index in [1.807, 2.05) is 24.3 Å². The normalized spacial score (nSPS) is 11.0. The maximum absolute atomic E-state index is 6.15. The van der Waals surface area contributed by atoms with E-state index in [1.54, 1.807) is 16.9 Å². The summed E-state index contributed by atoms with van der Waals surface area (Å²) in [7, 11) is 0. The van der Waals surface area contributed by atoms with Gasteiger partial charge < -0.3 is 5.73 Å². The van der Waals surface area contributed by atoms with E-state index in [1.165, 1.54) is 11.3 Å². The van der Waals surface area contributed by atoms with Gasteiger partial charge in [0.25, 0.3) is 0 Å². The molecule has 0 aliphatic heterocycles. The van der Waals surface area contributed by atoms with Gasteiger partial charge in [-0.15, -0.1) is 11.3 Å². The molecule has 0 unspecified atom stereocenters. The van der Waals surface area contributed by atoms with Gasteiger partial charge in [0.15, 0.2) is 0 Å². The molecule has 21 heavy (non-hydrogen) atoms. The summed E-state index contributed by atoms with van der Waals surface area (Å²) in [6.07, 6.45) is 1.78. The lowest BCUT2D eigenvalue weighted by molar-refractivity contribution is 0.689. The standard InChI is InChI=1S/C14H10Cl3N3S/c15-9-3-1-2-8(4-9)6-20-7-11(18)13(19-20)10-5-12(16)21-14(10)17/h1-5,7H,6,18H2. The molecule has 0 spiro atoms. The van der Waals surface area contributed by atoms with Crippen LogP contribution in [0.5, 0.6) is 0 Å². The molecule has 0 amide bonds. The summed E-state index contributed by atoms with van der Waals surface area (Å²) in [4.78, 5) is 0. The van der Waals surface area contributed by atoms with E-state index in [-0.39, 0.29) is 0 Å². The monoisotopic (exact) mass is 357 g/mol. The van der Waals surface area contributed by atoms with Gasteiger partial charge in [-0.05, 0) is 23.8 Å². The fraction of sp³-hybridized carbons (Fsp3) is 0.0714. The average Bonchev–Trinajstić information content (AvgIpc) is 2.92. The van der Waals surface area contributed by atoms with Gasteiger partial charge in [0.2, 0.25) is 0 Å². The molecule has 108 valence electrons. The highest BCUT2D eigenvalue weighted by Crippen LogP contribution is 2.39. The van der Waals surface area contributed by atoms with Crippen molar-refractivity contribution < 1.29 is 0 Å². The zero-order chi connectivity index (χ0) is 15.0. The summed E-state index contributed by atoms with van der Waals surface area (Å²) in [5, 5.41) is 5.19. The second kappa shape index (κ2) is 5.89. The number of hydrogen-bond acceptors (Lipinski definition) is 3. The Morgan fingerprint density at radius 2 is 2.00 bits per heavy atom. The van der Waals surface area contributed by atoms with Crippen LogP contribution in [0.25, 0.3) is 11.3 Å².